The van der Waals surface area contributed by atoms with Gasteiger partial charge in [-0.2, -0.15) is 5.26 Å². The lowest BCUT2D eigenvalue weighted by atomic mass is 9.87. The van der Waals surface area contributed by atoms with Crippen molar-refractivity contribution in [3.63, 3.8) is 0 Å². The Bertz CT molecular complexity index is 795. The molecule has 0 fully saturated rings. The molecule has 0 saturated heterocycles. The van der Waals surface area contributed by atoms with E-state index in [4.69, 9.17) is 11.5 Å². The van der Waals surface area contributed by atoms with Crippen LogP contribution >= 0.6 is 0 Å². The van der Waals surface area contributed by atoms with Crippen molar-refractivity contribution in [2.75, 3.05) is 5.73 Å². The van der Waals surface area contributed by atoms with Crippen molar-refractivity contribution >= 4 is 11.5 Å². The van der Waals surface area contributed by atoms with Crippen LogP contribution in [0, 0.1) is 18.3 Å². The molecule has 0 amide bonds. The summed E-state index contributed by atoms with van der Waals surface area (Å²) in [6.07, 6.45) is 1.52. The number of nitrogens with two attached hydrogens (primary N) is 2. The first-order valence-electron chi connectivity index (χ1n) is 6.62. The van der Waals surface area contributed by atoms with E-state index < -0.39 is 5.54 Å². The Labute approximate surface area is 122 Å². The highest BCUT2D eigenvalue weighted by molar-refractivity contribution is 5.95. The molecule has 2 aromatic rings. The van der Waals surface area contributed by atoms with Crippen LogP contribution in [0.4, 0.5) is 5.69 Å². The minimum Gasteiger partial charge on any atom is -0.399 e. The van der Waals surface area contributed by atoms with Crippen LogP contribution in [0.2, 0.25) is 0 Å². The van der Waals surface area contributed by atoms with Crippen molar-refractivity contribution < 1.29 is 0 Å². The van der Waals surface area contributed by atoms with E-state index in [9.17, 15) is 5.26 Å². The predicted octanol–water partition coefficient (Wildman–Crippen LogP) is 1.28. The van der Waals surface area contributed by atoms with Crippen molar-refractivity contribution in [1.82, 2.24) is 9.55 Å². The number of aliphatic imine (C=N–C) groups is 1. The van der Waals surface area contributed by atoms with Crippen LogP contribution < -0.4 is 11.5 Å². The lowest BCUT2D eigenvalue weighted by Gasteiger charge is -2.32. The van der Waals surface area contributed by atoms with Gasteiger partial charge in [0.15, 0.2) is 11.7 Å². The van der Waals surface area contributed by atoms with Gasteiger partial charge in [0.1, 0.15) is 17.3 Å². The first kappa shape index (κ1) is 13.2. The average molecular weight is 280 g/mol. The maximum absolute atomic E-state index is 9.20. The van der Waals surface area contributed by atoms with Crippen LogP contribution in [0.15, 0.2) is 29.4 Å². The number of nitrogens with zero attached hydrogens (tertiary/aromatic N) is 4. The highest BCUT2D eigenvalue weighted by Gasteiger charge is 2.35. The van der Waals surface area contributed by atoms with Crippen LogP contribution in [0.5, 0.6) is 0 Å². The van der Waals surface area contributed by atoms with Gasteiger partial charge in [-0.15, -0.1) is 0 Å². The molecule has 1 aliphatic heterocycles. The second kappa shape index (κ2) is 4.35. The number of aromatic nitrogens is 2. The molecular formula is C15H16N6. The van der Waals surface area contributed by atoms with Gasteiger partial charge in [-0.05, 0) is 37.1 Å². The van der Waals surface area contributed by atoms with Crippen LogP contribution in [0.3, 0.4) is 0 Å². The fraction of sp³-hybridized carbons (Fsp3) is 0.267. The molecule has 1 unspecified atom stereocenters. The van der Waals surface area contributed by atoms with E-state index in [0.29, 0.717) is 29.6 Å². The molecule has 3 rings (SSSR count). The molecule has 6 nitrogen and oxygen atoms in total. The quantitative estimate of drug-likeness (QED) is 0.767. The number of imidazole rings is 1. The topological polar surface area (TPSA) is 106 Å². The third-order valence-electron chi connectivity index (χ3n) is 3.87. The average Bonchev–Trinajstić information content (AvgIpc) is 2.84. The molecule has 1 aliphatic rings. The Morgan fingerprint density at radius 1 is 1.38 bits per heavy atom. The van der Waals surface area contributed by atoms with Gasteiger partial charge in [-0.1, -0.05) is 6.07 Å². The second-order valence-electron chi connectivity index (χ2n) is 5.51. The molecule has 1 atom stereocenters. The van der Waals surface area contributed by atoms with Crippen LogP contribution in [0.25, 0.3) is 0 Å². The van der Waals surface area contributed by atoms with Gasteiger partial charge in [0.05, 0.1) is 12.7 Å². The summed E-state index contributed by atoms with van der Waals surface area (Å²) in [5.74, 6) is 0.887. The fourth-order valence-electron chi connectivity index (χ4n) is 2.85. The summed E-state index contributed by atoms with van der Waals surface area (Å²) in [6.45, 7) is 4.52. The number of nitrogen functional groups attached to an aromatic ring is 1. The summed E-state index contributed by atoms with van der Waals surface area (Å²) in [5.41, 5.74) is 14.6. The van der Waals surface area contributed by atoms with Crippen LogP contribution in [-0.4, -0.2) is 15.4 Å². The van der Waals surface area contributed by atoms with Crippen LogP contribution in [0.1, 0.15) is 29.6 Å². The Balaban J connectivity index is 2.18. The number of hydrogen-bond acceptors (Lipinski definition) is 5. The number of anilines is 1. The smallest absolute Gasteiger partial charge is 0.176 e. The zero-order valence-electron chi connectivity index (χ0n) is 12.0. The first-order valence-corrected chi connectivity index (χ1v) is 6.62. The Hall–Kier alpha value is -2.81. The maximum Gasteiger partial charge on any atom is 0.176 e. The lowest BCUT2D eigenvalue weighted by Crippen LogP contribution is -2.38. The molecule has 1 aromatic heterocycles. The molecule has 0 aliphatic carbocycles. The van der Waals surface area contributed by atoms with E-state index in [1.54, 1.807) is 0 Å². The summed E-state index contributed by atoms with van der Waals surface area (Å²) >= 11 is 0. The Morgan fingerprint density at radius 2 is 2.14 bits per heavy atom. The van der Waals surface area contributed by atoms with Crippen molar-refractivity contribution in [2.24, 2.45) is 10.7 Å². The summed E-state index contributed by atoms with van der Waals surface area (Å²) in [4.78, 5) is 8.79. The van der Waals surface area contributed by atoms with Crippen molar-refractivity contribution in [3.05, 3.63) is 47.0 Å². The van der Waals surface area contributed by atoms with Crippen molar-refractivity contribution in [3.8, 4) is 6.07 Å². The van der Waals surface area contributed by atoms with E-state index in [1.165, 1.54) is 6.20 Å². The number of amidine groups is 1. The number of fused-ring (bicyclic) bond motifs is 1. The predicted molar refractivity (Wildman–Crippen MR) is 80.6 cm³/mol. The molecule has 21 heavy (non-hydrogen) atoms. The standard InChI is InChI=1S/C15H16N6/c1-9-3-4-10(17)5-12(9)15(2)8-21-11(6-16)7-19-14(21)13(18)20-15/h3-5,7H,8,17H2,1-2H3,(H2,18,20). The number of benzene rings is 1. The monoisotopic (exact) mass is 280 g/mol. The SMILES string of the molecule is Cc1ccc(N)cc1C1(C)Cn2c(C#N)cnc2C(N)=N1. The summed E-state index contributed by atoms with van der Waals surface area (Å²) in [5, 5.41) is 9.20. The van der Waals surface area contributed by atoms with E-state index in [1.807, 2.05) is 36.6 Å². The van der Waals surface area contributed by atoms with Crippen LogP contribution in [-0.2, 0) is 12.1 Å². The van der Waals surface area contributed by atoms with Crippen molar-refractivity contribution in [1.29, 1.82) is 5.26 Å². The first-order chi connectivity index (χ1) is 9.94. The van der Waals surface area contributed by atoms with E-state index in [0.717, 1.165) is 11.1 Å². The largest absolute Gasteiger partial charge is 0.399 e. The number of rotatable bonds is 1. The van der Waals surface area contributed by atoms with Gasteiger partial charge in [0.2, 0.25) is 0 Å². The Morgan fingerprint density at radius 3 is 2.86 bits per heavy atom. The lowest BCUT2D eigenvalue weighted by molar-refractivity contribution is 0.397. The molecule has 4 N–H and O–H groups in total. The highest BCUT2D eigenvalue weighted by Crippen LogP contribution is 2.34. The molecule has 6 heteroatoms. The Kier molecular flexibility index (Phi) is 2.73. The van der Waals surface area contributed by atoms with Gasteiger partial charge in [0, 0.05) is 5.69 Å². The summed E-state index contributed by atoms with van der Waals surface area (Å²) < 4.78 is 1.81. The fourth-order valence-corrected chi connectivity index (χ4v) is 2.85. The molecular weight excluding hydrogens is 264 g/mol. The van der Waals surface area contributed by atoms with E-state index in [-0.39, 0.29) is 0 Å². The van der Waals surface area contributed by atoms with Crippen molar-refractivity contribution in [2.45, 2.75) is 25.9 Å². The zero-order valence-corrected chi connectivity index (χ0v) is 12.0. The van der Waals surface area contributed by atoms with Gasteiger partial charge >= 0.3 is 0 Å². The zero-order chi connectivity index (χ0) is 15.2. The van der Waals surface area contributed by atoms with Gasteiger partial charge in [0.25, 0.3) is 0 Å². The summed E-state index contributed by atoms with van der Waals surface area (Å²) in [7, 11) is 0. The van der Waals surface area contributed by atoms with Gasteiger partial charge in [-0.3, -0.25) is 4.99 Å². The van der Waals surface area contributed by atoms with Gasteiger partial charge < -0.3 is 16.0 Å². The summed E-state index contributed by atoms with van der Waals surface area (Å²) in [6, 6.07) is 7.88. The van der Waals surface area contributed by atoms with E-state index >= 15 is 0 Å². The molecule has 0 saturated carbocycles. The molecule has 2 heterocycles. The normalized spacial score (nSPS) is 20.5. The van der Waals surface area contributed by atoms with E-state index in [2.05, 4.69) is 16.0 Å². The number of nitriles is 1. The minimum atomic E-state index is -0.567. The maximum atomic E-state index is 9.20. The third-order valence-corrected chi connectivity index (χ3v) is 3.87. The molecule has 1 aromatic carbocycles. The molecule has 0 radical (unpaired) electrons. The number of aryl methyl sites for hydroxylation is 1. The molecule has 106 valence electrons. The molecule has 0 spiro atoms. The minimum absolute atomic E-state index is 0.340. The number of hydrogen-bond donors (Lipinski definition) is 2. The molecule has 0 bridgehead atoms. The van der Waals surface area contributed by atoms with Gasteiger partial charge in [-0.25, -0.2) is 4.98 Å². The second-order valence-corrected chi connectivity index (χ2v) is 5.51. The third kappa shape index (κ3) is 1.94. The highest BCUT2D eigenvalue weighted by atomic mass is 15.2.